The molecule has 29 heavy (non-hydrogen) atoms. The number of hydrazone groups is 1. The molecule has 2 aliphatic rings. The summed E-state index contributed by atoms with van der Waals surface area (Å²) in [5.74, 6) is 1.34. The van der Waals surface area contributed by atoms with Crippen molar-refractivity contribution in [1.29, 1.82) is 0 Å². The quantitative estimate of drug-likeness (QED) is 0.539. The van der Waals surface area contributed by atoms with Gasteiger partial charge in [-0.3, -0.25) is 4.79 Å². The van der Waals surface area contributed by atoms with Crippen molar-refractivity contribution < 1.29 is 4.79 Å². The second-order valence-electron chi connectivity index (χ2n) is 7.22. The van der Waals surface area contributed by atoms with Crippen molar-refractivity contribution in [3.8, 4) is 0 Å². The molecule has 2 aromatic heterocycles. The number of aromatic nitrogens is 3. The highest BCUT2D eigenvalue weighted by molar-refractivity contribution is 7.99. The second-order valence-corrected chi connectivity index (χ2v) is 9.20. The van der Waals surface area contributed by atoms with Gasteiger partial charge in [0, 0.05) is 23.8 Å². The summed E-state index contributed by atoms with van der Waals surface area (Å²) in [6.07, 6.45) is 3.91. The van der Waals surface area contributed by atoms with Gasteiger partial charge in [-0.25, -0.2) is 5.01 Å². The van der Waals surface area contributed by atoms with Crippen molar-refractivity contribution in [2.24, 2.45) is 5.10 Å². The number of carbonyl (C=O) groups is 1. The Kier molecular flexibility index (Phi) is 5.20. The zero-order valence-corrected chi connectivity index (χ0v) is 17.5. The molecule has 148 valence electrons. The zero-order valence-electron chi connectivity index (χ0n) is 15.9. The van der Waals surface area contributed by atoms with Crippen LogP contribution in [0.3, 0.4) is 0 Å². The van der Waals surface area contributed by atoms with E-state index in [1.807, 2.05) is 30.3 Å². The van der Waals surface area contributed by atoms with Crippen molar-refractivity contribution >= 4 is 34.7 Å². The minimum Gasteiger partial charge on any atom is -0.303 e. The molecule has 0 N–H and O–H groups in total. The summed E-state index contributed by atoms with van der Waals surface area (Å²) in [6, 6.07) is 14.7. The number of nitrogens with zero attached hydrogens (tertiary/aromatic N) is 5. The Labute approximate surface area is 177 Å². The molecular formula is C21H21N5OS2. The van der Waals surface area contributed by atoms with E-state index < -0.39 is 0 Å². The fourth-order valence-corrected chi connectivity index (χ4v) is 5.06. The first-order valence-corrected chi connectivity index (χ1v) is 11.7. The lowest BCUT2D eigenvalue weighted by Crippen LogP contribution is -2.25. The molecule has 1 fully saturated rings. The molecule has 0 unspecified atom stereocenters. The molecule has 1 amide bonds. The van der Waals surface area contributed by atoms with E-state index in [9.17, 15) is 4.79 Å². The third-order valence-corrected chi connectivity index (χ3v) is 6.89. The maximum absolute atomic E-state index is 12.7. The molecule has 1 aliphatic carbocycles. The van der Waals surface area contributed by atoms with Crippen molar-refractivity contribution in [3.05, 3.63) is 64.1 Å². The van der Waals surface area contributed by atoms with Crippen molar-refractivity contribution in [1.82, 2.24) is 19.8 Å². The van der Waals surface area contributed by atoms with Gasteiger partial charge in [0.05, 0.1) is 18.0 Å². The Balaban J connectivity index is 1.25. The first-order chi connectivity index (χ1) is 14.3. The molecule has 6 nitrogen and oxygen atoms in total. The number of hydrogen-bond donors (Lipinski definition) is 0. The molecule has 1 saturated carbocycles. The number of thiophene rings is 1. The second kappa shape index (κ2) is 8.12. The van der Waals surface area contributed by atoms with Crippen LogP contribution in [0, 0.1) is 0 Å². The minimum absolute atomic E-state index is 0.0195. The molecule has 3 heterocycles. The number of carbonyl (C=O) groups excluding carboxylic acids is 1. The van der Waals surface area contributed by atoms with Gasteiger partial charge in [-0.2, -0.15) is 5.10 Å². The summed E-state index contributed by atoms with van der Waals surface area (Å²) < 4.78 is 2.24. The first kappa shape index (κ1) is 18.6. The largest absolute Gasteiger partial charge is 0.303 e. The molecule has 3 aromatic rings. The number of amides is 1. The normalized spacial score (nSPS) is 16.3. The number of benzene rings is 1. The molecule has 0 spiro atoms. The lowest BCUT2D eigenvalue weighted by Gasteiger charge is -2.12. The summed E-state index contributed by atoms with van der Waals surface area (Å²) in [5, 5.41) is 17.9. The van der Waals surface area contributed by atoms with Gasteiger partial charge in [-0.05, 0) is 29.9 Å². The summed E-state index contributed by atoms with van der Waals surface area (Å²) in [5.41, 5.74) is 2.06. The van der Waals surface area contributed by atoms with Crippen LogP contribution >= 0.6 is 23.1 Å². The van der Waals surface area contributed by atoms with Gasteiger partial charge in [-0.1, -0.05) is 48.2 Å². The lowest BCUT2D eigenvalue weighted by atomic mass is 10.1. The van der Waals surface area contributed by atoms with Crippen LogP contribution in [0.25, 0.3) is 0 Å². The molecule has 0 saturated heterocycles. The highest BCUT2D eigenvalue weighted by atomic mass is 32.2. The van der Waals surface area contributed by atoms with Crippen molar-refractivity contribution in [2.45, 2.75) is 36.9 Å². The lowest BCUT2D eigenvalue weighted by molar-refractivity contribution is -0.127. The van der Waals surface area contributed by atoms with Crippen LogP contribution in [0.1, 0.15) is 41.6 Å². The fourth-order valence-electron chi connectivity index (χ4n) is 3.47. The SMILES string of the molecule is O=C(CSc1nnc(Cc2cccs2)n1C1CC1)N1CCC(c2ccccc2)=N1. The van der Waals surface area contributed by atoms with Crippen molar-refractivity contribution in [2.75, 3.05) is 12.3 Å². The number of rotatable bonds is 7. The van der Waals surface area contributed by atoms with Crippen LogP contribution in [0.4, 0.5) is 0 Å². The summed E-state index contributed by atoms with van der Waals surface area (Å²) in [4.78, 5) is 14.0. The van der Waals surface area contributed by atoms with E-state index in [2.05, 4.69) is 37.4 Å². The highest BCUT2D eigenvalue weighted by Crippen LogP contribution is 2.39. The molecule has 1 aromatic carbocycles. The number of thioether (sulfide) groups is 1. The maximum Gasteiger partial charge on any atom is 0.253 e. The Bertz CT molecular complexity index is 1020. The first-order valence-electron chi connectivity index (χ1n) is 9.80. The fraction of sp³-hybridized carbons (Fsp3) is 0.333. The Hall–Kier alpha value is -2.45. The van der Waals surface area contributed by atoms with Crippen molar-refractivity contribution in [3.63, 3.8) is 0 Å². The van der Waals surface area contributed by atoms with Crippen LogP contribution in [-0.2, 0) is 11.2 Å². The summed E-state index contributed by atoms with van der Waals surface area (Å²) in [6.45, 7) is 0.641. The Morgan fingerprint density at radius 2 is 2.00 bits per heavy atom. The Morgan fingerprint density at radius 1 is 1.14 bits per heavy atom. The van der Waals surface area contributed by atoms with Gasteiger partial charge in [-0.15, -0.1) is 21.5 Å². The van der Waals surface area contributed by atoms with Gasteiger partial charge in [0.15, 0.2) is 5.16 Å². The topological polar surface area (TPSA) is 63.4 Å². The van der Waals surface area contributed by atoms with Crippen LogP contribution in [0.15, 0.2) is 58.1 Å². The van der Waals surface area contributed by atoms with E-state index in [-0.39, 0.29) is 5.91 Å². The molecule has 1 aliphatic heterocycles. The third-order valence-electron chi connectivity index (χ3n) is 5.08. The van der Waals surface area contributed by atoms with Crippen LogP contribution in [0.5, 0.6) is 0 Å². The highest BCUT2D eigenvalue weighted by Gasteiger charge is 2.30. The maximum atomic E-state index is 12.7. The predicted octanol–water partition coefficient (Wildman–Crippen LogP) is 3.99. The summed E-state index contributed by atoms with van der Waals surface area (Å²) >= 11 is 3.21. The number of hydrogen-bond acceptors (Lipinski definition) is 6. The van der Waals surface area contributed by atoms with E-state index in [0.717, 1.165) is 47.9 Å². The van der Waals surface area contributed by atoms with Crippen LogP contribution in [-0.4, -0.2) is 43.7 Å². The van der Waals surface area contributed by atoms with Gasteiger partial charge in [0.25, 0.3) is 5.91 Å². The average Bonchev–Trinajstić information content (AvgIpc) is 3.15. The van der Waals surface area contributed by atoms with Gasteiger partial charge in [0.2, 0.25) is 0 Å². The molecular weight excluding hydrogens is 402 g/mol. The van der Waals surface area contributed by atoms with Gasteiger partial charge < -0.3 is 4.57 Å². The molecule has 0 radical (unpaired) electrons. The zero-order chi connectivity index (χ0) is 19.6. The Morgan fingerprint density at radius 3 is 2.76 bits per heavy atom. The smallest absolute Gasteiger partial charge is 0.253 e. The van der Waals surface area contributed by atoms with Gasteiger partial charge in [0.1, 0.15) is 5.82 Å². The molecule has 5 rings (SSSR count). The van der Waals surface area contributed by atoms with Gasteiger partial charge >= 0.3 is 0 Å². The molecule has 8 heteroatoms. The van der Waals surface area contributed by atoms with E-state index >= 15 is 0 Å². The third kappa shape index (κ3) is 4.13. The summed E-state index contributed by atoms with van der Waals surface area (Å²) in [7, 11) is 0. The van der Waals surface area contributed by atoms with E-state index in [1.54, 1.807) is 16.3 Å². The molecule has 0 bridgehead atoms. The average molecular weight is 424 g/mol. The van der Waals surface area contributed by atoms with E-state index in [1.165, 1.54) is 16.6 Å². The van der Waals surface area contributed by atoms with E-state index in [0.29, 0.717) is 18.3 Å². The monoisotopic (exact) mass is 423 g/mol. The standard InChI is InChI=1S/C21H21N5OS2/c27-20(25-11-10-18(24-25)15-5-2-1-3-6-15)14-29-21-23-22-19(26(21)16-8-9-16)13-17-7-4-12-28-17/h1-7,12,16H,8-11,13-14H2. The van der Waals surface area contributed by atoms with Crippen LogP contribution in [0.2, 0.25) is 0 Å². The minimum atomic E-state index is 0.0195. The predicted molar refractivity (Wildman–Crippen MR) is 115 cm³/mol. The van der Waals surface area contributed by atoms with Crippen LogP contribution < -0.4 is 0 Å². The molecule has 0 atom stereocenters. The van der Waals surface area contributed by atoms with E-state index in [4.69, 9.17) is 0 Å².